The van der Waals surface area contributed by atoms with Crippen molar-refractivity contribution < 1.29 is 23.8 Å². The van der Waals surface area contributed by atoms with E-state index < -0.39 is 0 Å². The zero-order chi connectivity index (χ0) is 15.9. The fourth-order valence-corrected chi connectivity index (χ4v) is 2.34. The second kappa shape index (κ2) is 7.89. The summed E-state index contributed by atoms with van der Waals surface area (Å²) >= 11 is 6.04. The summed E-state index contributed by atoms with van der Waals surface area (Å²) in [6, 6.07) is 3.17. The lowest BCUT2D eigenvalue weighted by Gasteiger charge is -2.07. The highest BCUT2D eigenvalue weighted by Gasteiger charge is 2.20. The Bertz CT molecular complexity index is 561. The number of fused-ring (bicyclic) bond motifs is 1. The van der Waals surface area contributed by atoms with E-state index in [1.807, 2.05) is 0 Å². The maximum absolute atomic E-state index is 12.0. The lowest BCUT2D eigenvalue weighted by molar-refractivity contribution is -0.140. The number of hydrogen-bond acceptors (Lipinski definition) is 5. The maximum Gasteiger partial charge on any atom is 0.305 e. The fourth-order valence-electron chi connectivity index (χ4n) is 2.08. The Balaban J connectivity index is 1.74. The lowest BCUT2D eigenvalue weighted by atomic mass is 10.1. The number of rotatable bonds is 7. The third-order valence-electron chi connectivity index (χ3n) is 3.26. The van der Waals surface area contributed by atoms with Crippen LogP contribution in [0.5, 0.6) is 11.5 Å². The number of carbonyl (C=O) groups is 2. The molecule has 0 aromatic heterocycles. The second-order valence-electron chi connectivity index (χ2n) is 4.83. The number of ether oxygens (including phenoxy) is 3. The van der Waals surface area contributed by atoms with Crippen LogP contribution >= 0.6 is 11.6 Å². The van der Waals surface area contributed by atoms with Crippen molar-refractivity contribution in [2.45, 2.75) is 25.7 Å². The molecule has 0 bridgehead atoms. The highest BCUT2D eigenvalue weighted by atomic mass is 35.5. The Kier molecular flexibility index (Phi) is 5.89. The van der Waals surface area contributed by atoms with Gasteiger partial charge in [-0.2, -0.15) is 0 Å². The number of carbonyl (C=O) groups excluding carboxylic acids is 2. The predicted molar refractivity (Wildman–Crippen MR) is 80.4 cm³/mol. The Labute approximate surface area is 133 Å². The number of nitrogens with one attached hydrogen (secondary N) is 1. The molecule has 7 heteroatoms. The molecule has 0 atom stereocenters. The van der Waals surface area contributed by atoms with Crippen LogP contribution in [0.4, 0.5) is 0 Å². The van der Waals surface area contributed by atoms with E-state index in [1.165, 1.54) is 7.11 Å². The van der Waals surface area contributed by atoms with Gasteiger partial charge in [0.25, 0.3) is 5.91 Å². The smallest absolute Gasteiger partial charge is 0.305 e. The fraction of sp³-hybridized carbons (Fsp3) is 0.467. The zero-order valence-electron chi connectivity index (χ0n) is 12.3. The summed E-state index contributed by atoms with van der Waals surface area (Å²) in [5, 5.41) is 3.17. The molecule has 22 heavy (non-hydrogen) atoms. The summed E-state index contributed by atoms with van der Waals surface area (Å²) in [6.07, 6.45) is 2.79. The van der Waals surface area contributed by atoms with E-state index in [4.69, 9.17) is 21.1 Å². The minimum Gasteiger partial charge on any atom is -0.469 e. The zero-order valence-corrected chi connectivity index (χ0v) is 13.1. The van der Waals surface area contributed by atoms with Gasteiger partial charge < -0.3 is 19.5 Å². The van der Waals surface area contributed by atoms with Crippen LogP contribution in [0.25, 0.3) is 0 Å². The normalized spacial score (nSPS) is 12.1. The van der Waals surface area contributed by atoms with Gasteiger partial charge in [0.1, 0.15) is 0 Å². The van der Waals surface area contributed by atoms with Gasteiger partial charge in [-0.3, -0.25) is 9.59 Å². The third-order valence-corrected chi connectivity index (χ3v) is 3.54. The van der Waals surface area contributed by atoms with Crippen LogP contribution in [-0.4, -0.2) is 32.3 Å². The van der Waals surface area contributed by atoms with E-state index in [2.05, 4.69) is 10.1 Å². The molecule has 0 aliphatic carbocycles. The molecule has 0 saturated carbocycles. The summed E-state index contributed by atoms with van der Waals surface area (Å²) in [4.78, 5) is 23.0. The molecule has 0 unspecified atom stereocenters. The minimum absolute atomic E-state index is 0.111. The van der Waals surface area contributed by atoms with Crippen LogP contribution in [0.15, 0.2) is 12.1 Å². The average molecular weight is 328 g/mol. The van der Waals surface area contributed by atoms with Gasteiger partial charge in [-0.1, -0.05) is 18.0 Å². The summed E-state index contributed by atoms with van der Waals surface area (Å²) in [5.74, 6) is 0.531. The number of halogens is 1. The van der Waals surface area contributed by atoms with Crippen LogP contribution in [0.1, 0.15) is 36.0 Å². The molecule has 1 aromatic rings. The average Bonchev–Trinajstić information content (AvgIpc) is 2.99. The predicted octanol–water partition coefficient (Wildman–Crippen LogP) is 2.53. The quantitative estimate of drug-likeness (QED) is 0.615. The van der Waals surface area contributed by atoms with Crippen molar-refractivity contribution in [3.8, 4) is 11.5 Å². The van der Waals surface area contributed by atoms with E-state index >= 15 is 0 Å². The van der Waals surface area contributed by atoms with Crippen molar-refractivity contribution in [2.75, 3.05) is 20.4 Å². The molecule has 1 aliphatic rings. The summed E-state index contributed by atoms with van der Waals surface area (Å²) in [7, 11) is 1.37. The van der Waals surface area contributed by atoms with Crippen molar-refractivity contribution in [1.82, 2.24) is 5.32 Å². The molecular weight excluding hydrogens is 310 g/mol. The maximum atomic E-state index is 12.0. The van der Waals surface area contributed by atoms with Crippen molar-refractivity contribution in [3.05, 3.63) is 22.7 Å². The van der Waals surface area contributed by atoms with E-state index in [9.17, 15) is 9.59 Å². The van der Waals surface area contributed by atoms with E-state index in [0.29, 0.717) is 35.1 Å². The van der Waals surface area contributed by atoms with E-state index in [0.717, 1.165) is 19.3 Å². The molecule has 1 aromatic carbocycles. The van der Waals surface area contributed by atoms with Crippen molar-refractivity contribution in [1.29, 1.82) is 0 Å². The highest BCUT2D eigenvalue weighted by molar-refractivity contribution is 6.32. The van der Waals surface area contributed by atoms with Crippen LogP contribution in [0.3, 0.4) is 0 Å². The lowest BCUT2D eigenvalue weighted by Crippen LogP contribution is -2.24. The van der Waals surface area contributed by atoms with Gasteiger partial charge in [-0.25, -0.2) is 0 Å². The molecule has 0 saturated heterocycles. The number of methoxy groups -OCH3 is 1. The number of benzene rings is 1. The van der Waals surface area contributed by atoms with Crippen LogP contribution in [-0.2, 0) is 9.53 Å². The Morgan fingerprint density at radius 2 is 2.09 bits per heavy atom. The number of unbranched alkanes of at least 4 members (excludes halogenated alkanes) is 2. The van der Waals surface area contributed by atoms with Crippen molar-refractivity contribution in [2.24, 2.45) is 0 Å². The van der Waals surface area contributed by atoms with Gasteiger partial charge >= 0.3 is 5.97 Å². The first-order valence-corrected chi connectivity index (χ1v) is 7.43. The largest absolute Gasteiger partial charge is 0.469 e. The summed E-state index contributed by atoms with van der Waals surface area (Å²) in [6.45, 7) is 0.645. The van der Waals surface area contributed by atoms with Crippen LogP contribution < -0.4 is 14.8 Å². The van der Waals surface area contributed by atoms with E-state index in [1.54, 1.807) is 12.1 Å². The van der Waals surface area contributed by atoms with Gasteiger partial charge in [0.2, 0.25) is 6.79 Å². The van der Waals surface area contributed by atoms with Crippen LogP contribution in [0.2, 0.25) is 5.02 Å². The molecule has 1 amide bonds. The van der Waals surface area contributed by atoms with Gasteiger partial charge in [0, 0.05) is 18.5 Å². The monoisotopic (exact) mass is 327 g/mol. The number of amides is 1. The van der Waals surface area contributed by atoms with Gasteiger partial charge in [0.15, 0.2) is 11.5 Å². The van der Waals surface area contributed by atoms with Crippen LogP contribution in [0, 0.1) is 0 Å². The number of hydrogen-bond donors (Lipinski definition) is 1. The molecule has 0 radical (unpaired) electrons. The first-order chi connectivity index (χ1) is 10.6. The van der Waals surface area contributed by atoms with Crippen molar-refractivity contribution >= 4 is 23.5 Å². The van der Waals surface area contributed by atoms with E-state index in [-0.39, 0.29) is 18.7 Å². The Morgan fingerprint density at radius 3 is 2.86 bits per heavy atom. The Morgan fingerprint density at radius 1 is 1.27 bits per heavy atom. The van der Waals surface area contributed by atoms with Crippen molar-refractivity contribution in [3.63, 3.8) is 0 Å². The van der Waals surface area contributed by atoms with Gasteiger partial charge in [0.05, 0.1) is 12.1 Å². The molecule has 120 valence electrons. The second-order valence-corrected chi connectivity index (χ2v) is 5.24. The molecule has 1 aliphatic heterocycles. The first-order valence-electron chi connectivity index (χ1n) is 7.06. The molecule has 0 fully saturated rings. The minimum atomic E-state index is -0.215. The molecule has 6 nitrogen and oxygen atoms in total. The molecule has 1 heterocycles. The standard InChI is InChI=1S/C15H18ClNO5/c1-20-13(18)5-3-2-4-6-17-15(19)10-7-11(16)14-12(8-10)21-9-22-14/h7-8H,2-6,9H2,1H3,(H,17,19). The summed E-state index contributed by atoms with van der Waals surface area (Å²) in [5.41, 5.74) is 0.434. The molecular formula is C15H18ClNO5. The molecule has 0 spiro atoms. The SMILES string of the molecule is COC(=O)CCCCCNC(=O)c1cc(Cl)c2c(c1)OCO2. The van der Waals surface area contributed by atoms with Gasteiger partial charge in [-0.15, -0.1) is 0 Å². The molecule has 1 N–H and O–H groups in total. The molecule has 2 rings (SSSR count). The topological polar surface area (TPSA) is 73.9 Å². The summed E-state index contributed by atoms with van der Waals surface area (Å²) < 4.78 is 15.0. The Hall–Kier alpha value is -1.95. The third kappa shape index (κ3) is 4.27. The number of esters is 1. The first kappa shape index (κ1) is 16.4. The van der Waals surface area contributed by atoms with Gasteiger partial charge in [-0.05, 0) is 25.0 Å². The highest BCUT2D eigenvalue weighted by Crippen LogP contribution is 2.39.